The van der Waals surface area contributed by atoms with E-state index in [9.17, 15) is 14.4 Å². The van der Waals surface area contributed by atoms with Crippen molar-refractivity contribution in [1.82, 2.24) is 0 Å². The summed E-state index contributed by atoms with van der Waals surface area (Å²) in [4.78, 5) is 33.1. The maximum atomic E-state index is 11.7. The molecule has 0 fully saturated rings. The first-order valence-electron chi connectivity index (χ1n) is 5.96. The molecule has 0 heterocycles. The van der Waals surface area contributed by atoms with Crippen LogP contribution in [0.5, 0.6) is 0 Å². The fourth-order valence-electron chi connectivity index (χ4n) is 1.59. The van der Waals surface area contributed by atoms with E-state index in [1.54, 1.807) is 25.1 Å². The summed E-state index contributed by atoms with van der Waals surface area (Å²) in [6.07, 6.45) is -0.436. The maximum absolute atomic E-state index is 11.7. The highest BCUT2D eigenvalue weighted by atomic mass is 16.4. The number of benzene rings is 1. The van der Waals surface area contributed by atoms with Gasteiger partial charge in [0, 0.05) is 18.3 Å². The average molecular weight is 279 g/mol. The number of carbonyl (C=O) groups excluding carboxylic acids is 2. The van der Waals surface area contributed by atoms with Crippen molar-refractivity contribution < 1.29 is 19.5 Å². The molecule has 108 valence electrons. The molecule has 5 N–H and O–H groups in total. The van der Waals surface area contributed by atoms with Crippen LogP contribution in [0.1, 0.15) is 18.9 Å². The van der Waals surface area contributed by atoms with Gasteiger partial charge < -0.3 is 21.5 Å². The van der Waals surface area contributed by atoms with E-state index in [-0.39, 0.29) is 5.91 Å². The Labute approximate surface area is 116 Å². The molecule has 7 heteroatoms. The number of nitrogens with two attached hydrogens (primary N) is 1. The average Bonchev–Trinajstić information content (AvgIpc) is 2.31. The third kappa shape index (κ3) is 4.69. The molecule has 0 saturated heterocycles. The van der Waals surface area contributed by atoms with Crippen molar-refractivity contribution in [3.05, 3.63) is 23.8 Å². The van der Waals surface area contributed by atoms with Gasteiger partial charge in [-0.25, -0.2) is 0 Å². The lowest BCUT2D eigenvalue weighted by Gasteiger charge is -2.12. The summed E-state index contributed by atoms with van der Waals surface area (Å²) in [6.45, 7) is 3.18. The van der Waals surface area contributed by atoms with E-state index in [2.05, 4.69) is 10.6 Å². The molecule has 1 aromatic carbocycles. The first-order chi connectivity index (χ1) is 9.29. The third-order valence-corrected chi connectivity index (χ3v) is 2.54. The van der Waals surface area contributed by atoms with Crippen molar-refractivity contribution >= 4 is 29.2 Å². The molecule has 7 nitrogen and oxygen atoms in total. The molecule has 0 radical (unpaired) electrons. The molecule has 2 amide bonds. The van der Waals surface area contributed by atoms with E-state index in [0.29, 0.717) is 11.4 Å². The van der Waals surface area contributed by atoms with E-state index >= 15 is 0 Å². The summed E-state index contributed by atoms with van der Waals surface area (Å²) in [7, 11) is 0. The lowest BCUT2D eigenvalue weighted by molar-refractivity contribution is -0.138. The largest absolute Gasteiger partial charge is 0.481 e. The zero-order valence-corrected chi connectivity index (χ0v) is 11.3. The van der Waals surface area contributed by atoms with Gasteiger partial charge >= 0.3 is 5.97 Å². The molecule has 0 spiro atoms. The van der Waals surface area contributed by atoms with E-state index in [1.165, 1.54) is 6.92 Å². The second-order valence-corrected chi connectivity index (χ2v) is 4.40. The van der Waals surface area contributed by atoms with Crippen LogP contribution in [-0.2, 0) is 14.4 Å². The summed E-state index contributed by atoms with van der Waals surface area (Å²) in [5.74, 6) is -1.89. The predicted molar refractivity (Wildman–Crippen MR) is 74.3 cm³/mol. The molecule has 0 aliphatic heterocycles. The highest BCUT2D eigenvalue weighted by Crippen LogP contribution is 2.19. The quantitative estimate of drug-likeness (QED) is 0.632. The van der Waals surface area contributed by atoms with Gasteiger partial charge in [0.25, 0.3) is 0 Å². The number of carbonyl (C=O) groups is 3. The minimum atomic E-state index is -1.13. The first kappa shape index (κ1) is 15.6. The number of carboxylic acid groups (broad SMARTS) is 1. The second-order valence-electron chi connectivity index (χ2n) is 4.40. The zero-order valence-electron chi connectivity index (χ0n) is 11.3. The molecular weight excluding hydrogens is 262 g/mol. The Kier molecular flexibility index (Phi) is 5.22. The molecule has 0 aliphatic carbocycles. The lowest BCUT2D eigenvalue weighted by Crippen LogP contribution is -2.37. The van der Waals surface area contributed by atoms with Crippen LogP contribution < -0.4 is 16.4 Å². The number of aryl methyl sites for hydroxylation is 1. The fourth-order valence-corrected chi connectivity index (χ4v) is 1.59. The highest BCUT2D eigenvalue weighted by Gasteiger charge is 2.17. The Morgan fingerprint density at radius 3 is 2.45 bits per heavy atom. The molecule has 20 heavy (non-hydrogen) atoms. The highest BCUT2D eigenvalue weighted by molar-refractivity contribution is 5.97. The Morgan fingerprint density at radius 2 is 1.95 bits per heavy atom. The van der Waals surface area contributed by atoms with Crippen LogP contribution in [0.3, 0.4) is 0 Å². The molecule has 0 aromatic heterocycles. The molecule has 1 atom stereocenters. The van der Waals surface area contributed by atoms with Crippen molar-refractivity contribution in [2.75, 3.05) is 10.6 Å². The molecule has 0 bridgehead atoms. The third-order valence-electron chi connectivity index (χ3n) is 2.54. The van der Waals surface area contributed by atoms with E-state index in [1.807, 2.05) is 0 Å². The van der Waals surface area contributed by atoms with Crippen molar-refractivity contribution in [1.29, 1.82) is 0 Å². The van der Waals surface area contributed by atoms with Crippen molar-refractivity contribution in [3.63, 3.8) is 0 Å². The Morgan fingerprint density at radius 1 is 1.30 bits per heavy atom. The lowest BCUT2D eigenvalue weighted by atomic mass is 10.1. The standard InChI is InChI=1S/C13H17N3O4/c1-7-5-9(3-4-11(7)15-8(2)17)16-13(20)10(14)6-12(18)19/h3-5,10H,6,14H2,1-2H3,(H,15,17)(H,16,20)(H,18,19). The minimum absolute atomic E-state index is 0.187. The number of aliphatic carboxylic acids is 1. The summed E-state index contributed by atoms with van der Waals surface area (Å²) in [6, 6.07) is 3.80. The molecule has 1 unspecified atom stereocenters. The SMILES string of the molecule is CC(=O)Nc1ccc(NC(=O)C(N)CC(=O)O)cc1C. The second kappa shape index (κ2) is 6.67. The van der Waals surface area contributed by atoms with Crippen LogP contribution in [0.25, 0.3) is 0 Å². The predicted octanol–water partition coefficient (Wildman–Crippen LogP) is 0.694. The number of amides is 2. The van der Waals surface area contributed by atoms with Gasteiger partial charge in [-0.1, -0.05) is 0 Å². The van der Waals surface area contributed by atoms with Crippen molar-refractivity contribution in [2.24, 2.45) is 5.73 Å². The number of anilines is 2. The Bertz CT molecular complexity index is 542. The van der Waals surface area contributed by atoms with Gasteiger partial charge in [-0.15, -0.1) is 0 Å². The maximum Gasteiger partial charge on any atom is 0.305 e. The van der Waals surface area contributed by atoms with Crippen molar-refractivity contribution in [3.8, 4) is 0 Å². The van der Waals surface area contributed by atoms with Gasteiger partial charge in [-0.3, -0.25) is 14.4 Å². The number of carboxylic acids is 1. The number of rotatable bonds is 5. The van der Waals surface area contributed by atoms with Gasteiger partial charge in [-0.2, -0.15) is 0 Å². The molecule has 1 aromatic rings. The summed E-state index contributed by atoms with van der Waals surface area (Å²) >= 11 is 0. The van der Waals surface area contributed by atoms with Crippen LogP contribution in [-0.4, -0.2) is 28.9 Å². The van der Waals surface area contributed by atoms with Gasteiger partial charge in [0.2, 0.25) is 11.8 Å². The normalized spacial score (nSPS) is 11.6. The van der Waals surface area contributed by atoms with Gasteiger partial charge in [0.15, 0.2) is 0 Å². The van der Waals surface area contributed by atoms with Crippen LogP contribution in [0, 0.1) is 6.92 Å². The molecule has 0 aliphatic rings. The summed E-state index contributed by atoms with van der Waals surface area (Å²) in [5, 5.41) is 13.7. The number of hydrogen-bond donors (Lipinski definition) is 4. The van der Waals surface area contributed by atoms with Gasteiger partial charge in [-0.05, 0) is 30.7 Å². The van der Waals surface area contributed by atoms with Crippen LogP contribution in [0.2, 0.25) is 0 Å². The van der Waals surface area contributed by atoms with E-state index < -0.39 is 24.3 Å². The Hall–Kier alpha value is -2.41. The minimum Gasteiger partial charge on any atom is -0.481 e. The monoisotopic (exact) mass is 279 g/mol. The van der Waals surface area contributed by atoms with Gasteiger partial charge in [0.05, 0.1) is 12.5 Å². The first-order valence-corrected chi connectivity index (χ1v) is 5.96. The number of nitrogens with one attached hydrogen (secondary N) is 2. The van der Waals surface area contributed by atoms with Crippen LogP contribution in [0.4, 0.5) is 11.4 Å². The molecule has 1 rings (SSSR count). The van der Waals surface area contributed by atoms with Crippen LogP contribution in [0.15, 0.2) is 18.2 Å². The summed E-state index contributed by atoms with van der Waals surface area (Å²) in [5.41, 5.74) is 7.35. The zero-order chi connectivity index (χ0) is 15.3. The smallest absolute Gasteiger partial charge is 0.305 e. The van der Waals surface area contributed by atoms with E-state index in [0.717, 1.165) is 5.56 Å². The molecule has 0 saturated carbocycles. The van der Waals surface area contributed by atoms with Crippen LogP contribution >= 0.6 is 0 Å². The van der Waals surface area contributed by atoms with Crippen molar-refractivity contribution in [2.45, 2.75) is 26.3 Å². The molecular formula is C13H17N3O4. The van der Waals surface area contributed by atoms with E-state index in [4.69, 9.17) is 10.8 Å². The number of hydrogen-bond acceptors (Lipinski definition) is 4. The summed E-state index contributed by atoms with van der Waals surface area (Å²) < 4.78 is 0. The fraction of sp³-hybridized carbons (Fsp3) is 0.308. The topological polar surface area (TPSA) is 122 Å². The van der Waals surface area contributed by atoms with Gasteiger partial charge in [0.1, 0.15) is 0 Å². The Balaban J connectivity index is 2.74.